The van der Waals surface area contributed by atoms with Crippen molar-refractivity contribution in [1.29, 1.82) is 0 Å². The van der Waals surface area contributed by atoms with Gasteiger partial charge in [0.25, 0.3) is 7.82 Å². The molecule has 0 fully saturated rings. The molecule has 0 aliphatic heterocycles. The van der Waals surface area contributed by atoms with Gasteiger partial charge in [-0.15, -0.1) is 0 Å². The minimum Gasteiger partial charge on any atom is -0.754 e. The summed E-state index contributed by atoms with van der Waals surface area (Å²) in [5.74, 6) is -0.00530. The summed E-state index contributed by atoms with van der Waals surface area (Å²) in [6.45, 7) is 1.06. The molecule has 0 rings (SSSR count). The van der Waals surface area contributed by atoms with Crippen molar-refractivity contribution in [2.24, 2.45) is 11.7 Å². The molecule has 0 amide bonds. The summed E-state index contributed by atoms with van der Waals surface area (Å²) in [6.07, 6.45) is 2.59. The number of methoxy groups -OCH3 is 1. The largest absolute Gasteiger partial charge is 0.754 e. The molecule has 0 spiro atoms. The van der Waals surface area contributed by atoms with E-state index >= 15 is 0 Å². The maximum absolute atomic E-state index is 11.1. The van der Waals surface area contributed by atoms with E-state index in [0.29, 0.717) is 13.2 Å². The first-order valence-electron chi connectivity index (χ1n) is 5.42. The standard InChI is InChI=1S/C9H22NO6P/c1-13-7-9(5-3-4-6-10)8-15-17(11,12)16-14-2/h9H,3-8,10H2,1-2H3,(H,11,12)/p-1. The molecule has 0 radical (unpaired) electrons. The van der Waals surface area contributed by atoms with Crippen LogP contribution in [-0.4, -0.2) is 34.0 Å². The maximum Gasteiger partial charge on any atom is 0.297 e. The highest BCUT2D eigenvalue weighted by molar-refractivity contribution is 7.45. The molecule has 0 aromatic heterocycles. The van der Waals surface area contributed by atoms with Crippen LogP contribution < -0.4 is 10.6 Å². The summed E-state index contributed by atoms with van der Waals surface area (Å²) in [7, 11) is -1.71. The third-order valence-corrected chi connectivity index (χ3v) is 2.90. The van der Waals surface area contributed by atoms with Gasteiger partial charge in [0.15, 0.2) is 0 Å². The Morgan fingerprint density at radius 2 is 2.00 bits per heavy atom. The van der Waals surface area contributed by atoms with Crippen LogP contribution in [-0.2, 0) is 23.4 Å². The van der Waals surface area contributed by atoms with E-state index in [4.69, 9.17) is 10.5 Å². The molecule has 0 aliphatic rings. The molecule has 17 heavy (non-hydrogen) atoms. The van der Waals surface area contributed by atoms with Gasteiger partial charge in [-0.25, -0.2) is 4.89 Å². The van der Waals surface area contributed by atoms with E-state index < -0.39 is 7.82 Å². The summed E-state index contributed by atoms with van der Waals surface area (Å²) >= 11 is 0. The van der Waals surface area contributed by atoms with Gasteiger partial charge in [-0.3, -0.25) is 4.57 Å². The van der Waals surface area contributed by atoms with Crippen LogP contribution in [0.15, 0.2) is 0 Å². The lowest BCUT2D eigenvalue weighted by molar-refractivity contribution is -0.295. The number of ether oxygens (including phenoxy) is 1. The first kappa shape index (κ1) is 17.0. The predicted octanol–water partition coefficient (Wildman–Crippen LogP) is 0.441. The number of hydrogen-bond donors (Lipinski definition) is 1. The summed E-state index contributed by atoms with van der Waals surface area (Å²) in [5, 5.41) is 0. The second-order valence-corrected chi connectivity index (χ2v) is 4.89. The lowest BCUT2D eigenvalue weighted by Gasteiger charge is -2.23. The van der Waals surface area contributed by atoms with E-state index in [1.807, 2.05) is 0 Å². The Bertz CT molecular complexity index is 228. The van der Waals surface area contributed by atoms with Gasteiger partial charge in [-0.05, 0) is 19.4 Å². The van der Waals surface area contributed by atoms with Gasteiger partial charge in [0.2, 0.25) is 0 Å². The van der Waals surface area contributed by atoms with Crippen LogP contribution in [0, 0.1) is 5.92 Å². The summed E-state index contributed by atoms with van der Waals surface area (Å²) < 4.78 is 24.7. The van der Waals surface area contributed by atoms with Crippen LogP contribution >= 0.6 is 7.82 Å². The zero-order chi connectivity index (χ0) is 13.1. The molecule has 0 aliphatic carbocycles. The second kappa shape index (κ2) is 9.96. The van der Waals surface area contributed by atoms with Gasteiger partial charge in [0.05, 0.1) is 20.3 Å². The third kappa shape index (κ3) is 9.67. The van der Waals surface area contributed by atoms with E-state index in [9.17, 15) is 9.46 Å². The molecule has 2 atom stereocenters. The Hall–Kier alpha value is -0.0100. The van der Waals surface area contributed by atoms with Crippen molar-refractivity contribution in [1.82, 2.24) is 0 Å². The Morgan fingerprint density at radius 1 is 1.29 bits per heavy atom. The molecule has 0 saturated carbocycles. The highest BCUT2D eigenvalue weighted by Crippen LogP contribution is 2.38. The van der Waals surface area contributed by atoms with Crippen molar-refractivity contribution < 1.29 is 28.3 Å². The molecule has 104 valence electrons. The topological polar surface area (TPSA) is 103 Å². The maximum atomic E-state index is 11.1. The smallest absolute Gasteiger partial charge is 0.297 e. The molecule has 0 saturated heterocycles. The summed E-state index contributed by atoms with van der Waals surface area (Å²) in [6, 6.07) is 0. The fraction of sp³-hybridized carbons (Fsp3) is 1.00. The van der Waals surface area contributed by atoms with Crippen molar-refractivity contribution >= 4 is 7.82 Å². The second-order valence-electron chi connectivity index (χ2n) is 3.59. The number of phosphoric acid groups is 1. The number of rotatable bonds is 11. The van der Waals surface area contributed by atoms with Crippen molar-refractivity contribution in [2.75, 3.05) is 34.0 Å². The van der Waals surface area contributed by atoms with Crippen LogP contribution in [0.4, 0.5) is 0 Å². The quantitative estimate of drug-likeness (QED) is 0.251. The summed E-state index contributed by atoms with van der Waals surface area (Å²) in [4.78, 5) is 15.1. The molecule has 7 nitrogen and oxygen atoms in total. The van der Waals surface area contributed by atoms with Gasteiger partial charge in [0, 0.05) is 13.0 Å². The predicted molar refractivity (Wildman–Crippen MR) is 59.9 cm³/mol. The van der Waals surface area contributed by atoms with E-state index in [1.54, 1.807) is 7.11 Å². The van der Waals surface area contributed by atoms with Gasteiger partial charge < -0.3 is 19.9 Å². The zero-order valence-corrected chi connectivity index (χ0v) is 11.2. The van der Waals surface area contributed by atoms with Crippen LogP contribution in [0.5, 0.6) is 0 Å². The van der Waals surface area contributed by atoms with Gasteiger partial charge >= 0.3 is 0 Å². The van der Waals surface area contributed by atoms with Crippen molar-refractivity contribution in [3.8, 4) is 0 Å². The molecule has 0 bridgehead atoms. The van der Waals surface area contributed by atoms with Crippen molar-refractivity contribution in [3.05, 3.63) is 0 Å². The van der Waals surface area contributed by atoms with Crippen LogP contribution in [0.25, 0.3) is 0 Å². The van der Waals surface area contributed by atoms with Crippen molar-refractivity contribution in [2.45, 2.75) is 19.3 Å². The molecular formula is C9H21NO6P-. The summed E-state index contributed by atoms with van der Waals surface area (Å²) in [5.41, 5.74) is 5.38. The number of unbranched alkanes of at least 4 members (excludes halogenated alkanes) is 1. The number of phosphoric ester groups is 1. The van der Waals surface area contributed by atoms with E-state index in [1.165, 1.54) is 0 Å². The highest BCUT2D eigenvalue weighted by Gasteiger charge is 2.15. The fourth-order valence-electron chi connectivity index (χ4n) is 1.34. The zero-order valence-electron chi connectivity index (χ0n) is 10.3. The monoisotopic (exact) mass is 270 g/mol. The van der Waals surface area contributed by atoms with E-state index in [0.717, 1.165) is 26.4 Å². The van der Waals surface area contributed by atoms with Gasteiger partial charge in [0.1, 0.15) is 0 Å². The minimum atomic E-state index is -4.36. The molecule has 8 heteroatoms. The van der Waals surface area contributed by atoms with E-state index in [-0.39, 0.29) is 12.5 Å². The lowest BCUT2D eigenvalue weighted by Crippen LogP contribution is -2.18. The fourth-order valence-corrected chi connectivity index (χ4v) is 1.96. The normalized spacial score (nSPS) is 16.7. The third-order valence-electron chi connectivity index (χ3n) is 2.10. The minimum absolute atomic E-state index is 0.00530. The first-order valence-corrected chi connectivity index (χ1v) is 6.88. The lowest BCUT2D eigenvalue weighted by atomic mass is 10.0. The molecule has 0 heterocycles. The van der Waals surface area contributed by atoms with Gasteiger partial charge in [-0.2, -0.15) is 4.67 Å². The molecule has 2 N–H and O–H groups in total. The van der Waals surface area contributed by atoms with Crippen LogP contribution in [0.2, 0.25) is 0 Å². The van der Waals surface area contributed by atoms with Crippen LogP contribution in [0.1, 0.15) is 19.3 Å². The van der Waals surface area contributed by atoms with Gasteiger partial charge in [-0.1, -0.05) is 6.42 Å². The average molecular weight is 270 g/mol. The number of hydrogen-bond acceptors (Lipinski definition) is 7. The Labute approximate surface area is 102 Å². The Balaban J connectivity index is 3.94. The average Bonchev–Trinajstić information content (AvgIpc) is 2.26. The molecule has 2 unspecified atom stereocenters. The highest BCUT2D eigenvalue weighted by atomic mass is 31.2. The number of nitrogens with two attached hydrogens (primary N) is 1. The van der Waals surface area contributed by atoms with Crippen molar-refractivity contribution in [3.63, 3.8) is 0 Å². The first-order chi connectivity index (χ1) is 8.05. The molecule has 0 aromatic carbocycles. The van der Waals surface area contributed by atoms with E-state index in [2.05, 4.69) is 14.1 Å². The van der Waals surface area contributed by atoms with Crippen LogP contribution in [0.3, 0.4) is 0 Å². The molecular weight excluding hydrogens is 249 g/mol. The Kier molecular flexibility index (Phi) is 9.96. The molecule has 0 aromatic rings. The SMILES string of the molecule is COCC(CCCCN)COP(=O)([O-])OOC. The Morgan fingerprint density at radius 3 is 2.53 bits per heavy atom.